The van der Waals surface area contributed by atoms with E-state index in [1.165, 1.54) is 57.8 Å². The van der Waals surface area contributed by atoms with Gasteiger partial charge in [-0.15, -0.1) is 0 Å². The van der Waals surface area contributed by atoms with Crippen LogP contribution >= 0.6 is 0 Å². The van der Waals surface area contributed by atoms with Crippen LogP contribution in [0.15, 0.2) is 0 Å². The third-order valence-electron chi connectivity index (χ3n) is 7.18. The maximum atomic E-state index is 11.7. The van der Waals surface area contributed by atoms with Gasteiger partial charge in [-0.3, -0.25) is 9.69 Å². The average Bonchev–Trinajstić information content (AvgIpc) is 2.71. The average molecular weight is 291 g/mol. The quantitative estimate of drug-likeness (QED) is 0.864. The third-order valence-corrected chi connectivity index (χ3v) is 7.18. The fourth-order valence-electron chi connectivity index (χ4n) is 6.65. The monoisotopic (exact) mass is 291 g/mol. The standard InChI is InChI=1S/C18H29NO2/c20-17(21)12-18(19-5-3-1-2-4-6-19)15-8-13-7-14(10-15)11-16(18)9-13/h13-16H,1-12H2,(H,20,21). The number of carboxylic acids is 1. The number of hydrogen-bond acceptors (Lipinski definition) is 2. The Bertz CT molecular complexity index is 383. The van der Waals surface area contributed by atoms with Gasteiger partial charge in [0.15, 0.2) is 0 Å². The van der Waals surface area contributed by atoms with Crippen molar-refractivity contribution in [2.45, 2.75) is 69.7 Å². The number of aliphatic carboxylic acids is 1. The lowest BCUT2D eigenvalue weighted by Crippen LogP contribution is -2.66. The van der Waals surface area contributed by atoms with Gasteiger partial charge in [0.1, 0.15) is 0 Å². The van der Waals surface area contributed by atoms with Gasteiger partial charge in [0, 0.05) is 5.54 Å². The Balaban J connectivity index is 1.68. The first-order valence-corrected chi connectivity index (χ1v) is 9.15. The highest BCUT2D eigenvalue weighted by molar-refractivity contribution is 5.68. The van der Waals surface area contributed by atoms with E-state index < -0.39 is 5.97 Å². The molecule has 4 saturated carbocycles. The van der Waals surface area contributed by atoms with Crippen molar-refractivity contribution in [1.29, 1.82) is 0 Å². The normalized spacial score (nSPS) is 46.5. The zero-order valence-electron chi connectivity index (χ0n) is 13.1. The van der Waals surface area contributed by atoms with Gasteiger partial charge in [-0.25, -0.2) is 0 Å². The molecule has 5 aliphatic rings. The highest BCUT2D eigenvalue weighted by Gasteiger charge is 2.60. The molecule has 0 unspecified atom stereocenters. The molecule has 0 radical (unpaired) electrons. The molecule has 1 aliphatic heterocycles. The summed E-state index contributed by atoms with van der Waals surface area (Å²) in [4.78, 5) is 14.4. The summed E-state index contributed by atoms with van der Waals surface area (Å²) in [5, 5.41) is 9.64. The van der Waals surface area contributed by atoms with E-state index in [0.29, 0.717) is 18.3 Å². The van der Waals surface area contributed by atoms with E-state index in [9.17, 15) is 9.90 Å². The van der Waals surface area contributed by atoms with Crippen molar-refractivity contribution in [3.63, 3.8) is 0 Å². The summed E-state index contributed by atoms with van der Waals surface area (Å²) in [6.07, 6.45) is 12.3. The van der Waals surface area contributed by atoms with Crippen LogP contribution in [0.1, 0.15) is 64.2 Å². The van der Waals surface area contributed by atoms with Crippen molar-refractivity contribution in [3.8, 4) is 0 Å². The summed E-state index contributed by atoms with van der Waals surface area (Å²) < 4.78 is 0. The first-order valence-electron chi connectivity index (χ1n) is 9.15. The number of rotatable bonds is 3. The maximum Gasteiger partial charge on any atom is 0.305 e. The van der Waals surface area contributed by atoms with E-state index in [2.05, 4.69) is 4.90 Å². The molecule has 1 N–H and O–H groups in total. The van der Waals surface area contributed by atoms with E-state index >= 15 is 0 Å². The molecule has 5 fully saturated rings. The molecule has 5 rings (SSSR count). The Kier molecular flexibility index (Phi) is 3.52. The van der Waals surface area contributed by atoms with Crippen LogP contribution in [0.5, 0.6) is 0 Å². The van der Waals surface area contributed by atoms with Crippen LogP contribution in [0.25, 0.3) is 0 Å². The van der Waals surface area contributed by atoms with Crippen molar-refractivity contribution in [1.82, 2.24) is 4.90 Å². The molecular formula is C18H29NO2. The second-order valence-electron chi connectivity index (χ2n) is 8.27. The van der Waals surface area contributed by atoms with Crippen LogP contribution in [0.3, 0.4) is 0 Å². The number of likely N-dealkylation sites (tertiary alicyclic amines) is 1. The minimum atomic E-state index is -0.563. The number of hydrogen-bond donors (Lipinski definition) is 1. The molecule has 118 valence electrons. The van der Waals surface area contributed by atoms with Gasteiger partial charge in [-0.1, -0.05) is 12.8 Å². The van der Waals surface area contributed by atoms with Crippen LogP contribution in [0.2, 0.25) is 0 Å². The summed E-state index contributed by atoms with van der Waals surface area (Å²) >= 11 is 0. The SMILES string of the molecule is O=C(O)CC1(N2CCCCCC2)C2CC3CC(C2)CC1C3. The zero-order valence-corrected chi connectivity index (χ0v) is 13.1. The molecular weight excluding hydrogens is 262 g/mol. The van der Waals surface area contributed by atoms with Gasteiger partial charge in [0.05, 0.1) is 6.42 Å². The molecule has 0 atom stereocenters. The lowest BCUT2D eigenvalue weighted by Gasteiger charge is -2.64. The molecule has 1 heterocycles. The van der Waals surface area contributed by atoms with Crippen LogP contribution in [0, 0.1) is 23.7 Å². The second kappa shape index (κ2) is 5.26. The smallest absolute Gasteiger partial charge is 0.305 e. The van der Waals surface area contributed by atoms with E-state index in [1.54, 1.807) is 0 Å². The summed E-state index contributed by atoms with van der Waals surface area (Å²) in [6, 6.07) is 0. The van der Waals surface area contributed by atoms with Crippen molar-refractivity contribution in [2.75, 3.05) is 13.1 Å². The molecule has 0 aromatic heterocycles. The topological polar surface area (TPSA) is 40.5 Å². The molecule has 1 saturated heterocycles. The first-order chi connectivity index (χ1) is 10.2. The van der Waals surface area contributed by atoms with E-state index in [1.807, 2.05) is 0 Å². The fourth-order valence-corrected chi connectivity index (χ4v) is 6.65. The summed E-state index contributed by atoms with van der Waals surface area (Å²) in [5.41, 5.74) is 0.0175. The minimum absolute atomic E-state index is 0.0175. The molecule has 3 heteroatoms. The lowest BCUT2D eigenvalue weighted by molar-refractivity contribution is -0.163. The van der Waals surface area contributed by atoms with Crippen LogP contribution in [-0.4, -0.2) is 34.6 Å². The fraction of sp³-hybridized carbons (Fsp3) is 0.944. The van der Waals surface area contributed by atoms with Gasteiger partial charge in [-0.2, -0.15) is 0 Å². The predicted molar refractivity (Wildman–Crippen MR) is 82.1 cm³/mol. The molecule has 21 heavy (non-hydrogen) atoms. The Labute approximate surface area is 128 Å². The van der Waals surface area contributed by atoms with E-state index in [-0.39, 0.29) is 5.54 Å². The van der Waals surface area contributed by atoms with Gasteiger partial charge < -0.3 is 5.11 Å². The molecule has 3 nitrogen and oxygen atoms in total. The van der Waals surface area contributed by atoms with Crippen LogP contribution in [-0.2, 0) is 4.79 Å². The Morgan fingerprint density at radius 2 is 1.43 bits per heavy atom. The highest BCUT2D eigenvalue weighted by atomic mass is 16.4. The number of carboxylic acid groups (broad SMARTS) is 1. The Hall–Kier alpha value is -0.570. The van der Waals surface area contributed by atoms with E-state index in [0.717, 1.165) is 24.9 Å². The summed E-state index contributed by atoms with van der Waals surface area (Å²) in [6.45, 7) is 2.30. The number of carbonyl (C=O) groups is 1. The maximum absolute atomic E-state index is 11.7. The molecule has 0 aromatic carbocycles. The van der Waals surface area contributed by atoms with Crippen molar-refractivity contribution >= 4 is 5.97 Å². The van der Waals surface area contributed by atoms with Gasteiger partial charge >= 0.3 is 5.97 Å². The largest absolute Gasteiger partial charge is 0.481 e. The van der Waals surface area contributed by atoms with Crippen LogP contribution in [0.4, 0.5) is 0 Å². The van der Waals surface area contributed by atoms with Crippen molar-refractivity contribution in [2.24, 2.45) is 23.7 Å². The highest BCUT2D eigenvalue weighted by Crippen LogP contribution is 2.61. The van der Waals surface area contributed by atoms with Crippen molar-refractivity contribution in [3.05, 3.63) is 0 Å². The van der Waals surface area contributed by atoms with Gasteiger partial charge in [0.25, 0.3) is 0 Å². The summed E-state index contributed by atoms with van der Waals surface area (Å²) in [7, 11) is 0. The van der Waals surface area contributed by atoms with Crippen molar-refractivity contribution < 1.29 is 9.90 Å². The predicted octanol–water partition coefficient (Wildman–Crippen LogP) is 3.53. The first kappa shape index (κ1) is 14.0. The number of nitrogens with zero attached hydrogens (tertiary/aromatic N) is 1. The Morgan fingerprint density at radius 1 is 0.905 bits per heavy atom. The summed E-state index contributed by atoms with van der Waals surface area (Å²) in [5.74, 6) is 2.61. The van der Waals surface area contributed by atoms with Gasteiger partial charge in [0.2, 0.25) is 0 Å². The molecule has 0 aromatic rings. The third kappa shape index (κ3) is 2.23. The molecule has 0 spiro atoms. The lowest BCUT2D eigenvalue weighted by atomic mass is 9.47. The molecule has 0 amide bonds. The zero-order chi connectivity index (χ0) is 14.4. The van der Waals surface area contributed by atoms with E-state index in [4.69, 9.17) is 0 Å². The minimum Gasteiger partial charge on any atom is -0.481 e. The molecule has 4 bridgehead atoms. The van der Waals surface area contributed by atoms with Gasteiger partial charge in [-0.05, 0) is 81.7 Å². The second-order valence-corrected chi connectivity index (χ2v) is 8.27. The molecule has 4 aliphatic carbocycles. The Morgan fingerprint density at radius 3 is 1.90 bits per heavy atom. The van der Waals surface area contributed by atoms with Crippen LogP contribution < -0.4 is 0 Å².